The number of ether oxygens (including phenoxy) is 4. The molecule has 12 heteroatoms. The van der Waals surface area contributed by atoms with Crippen LogP contribution in [0.2, 0.25) is 4.34 Å². The zero-order chi connectivity index (χ0) is 24.2. The van der Waals surface area contributed by atoms with Crippen molar-refractivity contribution in [2.75, 3.05) is 42.7 Å². The van der Waals surface area contributed by atoms with Gasteiger partial charge in [-0.1, -0.05) is 11.6 Å². The van der Waals surface area contributed by atoms with Gasteiger partial charge < -0.3 is 29.2 Å². The molecule has 0 bridgehead atoms. The number of carbonyl (C=O) groups is 3. The van der Waals surface area contributed by atoms with Gasteiger partial charge in [0.1, 0.15) is 24.5 Å². The summed E-state index contributed by atoms with van der Waals surface area (Å²) < 4.78 is 23.4. The zero-order valence-electron chi connectivity index (χ0n) is 18.5. The van der Waals surface area contributed by atoms with Crippen molar-refractivity contribution < 1.29 is 33.3 Å². The number of nitrogens with one attached hydrogen (secondary N) is 1. The van der Waals surface area contributed by atoms with E-state index in [0.29, 0.717) is 52.5 Å². The Labute approximate surface area is 209 Å². The van der Waals surface area contributed by atoms with E-state index in [0.717, 1.165) is 0 Å². The van der Waals surface area contributed by atoms with Crippen LogP contribution in [0, 0.1) is 0 Å². The molecule has 5 heterocycles. The van der Waals surface area contributed by atoms with Crippen LogP contribution in [0.15, 0.2) is 30.3 Å². The number of piperidine rings is 1. The predicted molar refractivity (Wildman–Crippen MR) is 126 cm³/mol. The highest BCUT2D eigenvalue weighted by Gasteiger charge is 2.47. The molecule has 0 saturated carbocycles. The van der Waals surface area contributed by atoms with Gasteiger partial charge in [0.05, 0.1) is 41.1 Å². The van der Waals surface area contributed by atoms with Gasteiger partial charge in [-0.05, 0) is 24.3 Å². The highest BCUT2D eigenvalue weighted by Crippen LogP contribution is 2.42. The number of thiophene rings is 1. The van der Waals surface area contributed by atoms with Crippen LogP contribution in [-0.4, -0.2) is 68.8 Å². The van der Waals surface area contributed by atoms with Gasteiger partial charge in [-0.3, -0.25) is 14.5 Å². The lowest BCUT2D eigenvalue weighted by atomic mass is 10.0. The molecule has 1 aromatic heterocycles. The van der Waals surface area contributed by atoms with E-state index in [9.17, 15) is 14.4 Å². The molecule has 10 nitrogen and oxygen atoms in total. The first kappa shape index (κ1) is 22.6. The quantitative estimate of drug-likeness (QED) is 0.662. The maximum absolute atomic E-state index is 12.8. The summed E-state index contributed by atoms with van der Waals surface area (Å²) >= 11 is 7.08. The second-order valence-electron chi connectivity index (χ2n) is 8.72. The van der Waals surface area contributed by atoms with Crippen LogP contribution < -0.4 is 19.9 Å². The summed E-state index contributed by atoms with van der Waals surface area (Å²) in [6.45, 7) is 1.81. The highest BCUT2D eigenvalue weighted by molar-refractivity contribution is 7.18. The molecule has 184 valence electrons. The van der Waals surface area contributed by atoms with E-state index in [4.69, 9.17) is 30.5 Å². The van der Waals surface area contributed by atoms with Crippen molar-refractivity contribution in [3.05, 3.63) is 39.5 Å². The maximum atomic E-state index is 12.8. The second kappa shape index (κ2) is 8.66. The van der Waals surface area contributed by atoms with Crippen molar-refractivity contribution in [3.63, 3.8) is 0 Å². The standard InChI is InChI=1S/C23H22ClN3O7S/c24-19-4-3-18(35-19)21(29)25-11-17-15-12-31-16-9-13(1-2-14(16)27(15)22(30)34-17)26-6-5-23(10-20(26)28)32-7-8-33-23/h1-4,9,15,17H,5-8,10-12H2,(H,25,29)/t15-,17-/m0/s1. The second-order valence-corrected chi connectivity index (χ2v) is 10.4. The molecule has 35 heavy (non-hydrogen) atoms. The van der Waals surface area contributed by atoms with E-state index in [1.54, 1.807) is 40.1 Å². The SMILES string of the molecule is O=C(NC[C@@H]1OC(=O)N2c3ccc(N4CCC5(CC4=O)OCCO5)cc3OC[C@@H]12)c1ccc(Cl)s1. The molecule has 0 radical (unpaired) electrons. The number of amides is 3. The molecular weight excluding hydrogens is 498 g/mol. The Morgan fingerprint density at radius 2 is 2.03 bits per heavy atom. The van der Waals surface area contributed by atoms with Gasteiger partial charge in [-0.2, -0.15) is 0 Å². The molecule has 4 aliphatic heterocycles. The Kier molecular flexibility index (Phi) is 5.59. The Morgan fingerprint density at radius 1 is 1.20 bits per heavy atom. The third-order valence-corrected chi connectivity index (χ3v) is 7.88. The Balaban J connectivity index is 1.15. The molecule has 1 aromatic carbocycles. The number of cyclic esters (lactones) is 1. The van der Waals surface area contributed by atoms with Gasteiger partial charge in [-0.25, -0.2) is 4.79 Å². The predicted octanol–water partition coefficient (Wildman–Crippen LogP) is 2.79. The van der Waals surface area contributed by atoms with Crippen LogP contribution in [0.1, 0.15) is 22.5 Å². The first-order valence-electron chi connectivity index (χ1n) is 11.3. The summed E-state index contributed by atoms with van der Waals surface area (Å²) in [5.74, 6) is -0.671. The molecule has 0 unspecified atom stereocenters. The average molecular weight is 520 g/mol. The van der Waals surface area contributed by atoms with E-state index in [-0.39, 0.29) is 37.4 Å². The Hall–Kier alpha value is -2.86. The lowest BCUT2D eigenvalue weighted by Gasteiger charge is -2.37. The molecule has 0 aliphatic carbocycles. The molecule has 2 aromatic rings. The first-order valence-corrected chi connectivity index (χ1v) is 12.5. The van der Waals surface area contributed by atoms with Crippen molar-refractivity contribution in [1.29, 1.82) is 0 Å². The maximum Gasteiger partial charge on any atom is 0.415 e. The average Bonchev–Trinajstić information content (AvgIpc) is 3.57. The van der Waals surface area contributed by atoms with Crippen LogP contribution in [0.4, 0.5) is 16.2 Å². The van der Waals surface area contributed by atoms with Crippen LogP contribution in [0.3, 0.4) is 0 Å². The molecule has 1 spiro atoms. The van der Waals surface area contributed by atoms with E-state index in [2.05, 4.69) is 5.32 Å². The zero-order valence-corrected chi connectivity index (χ0v) is 20.1. The fraction of sp³-hybridized carbons (Fsp3) is 0.435. The van der Waals surface area contributed by atoms with E-state index >= 15 is 0 Å². The highest BCUT2D eigenvalue weighted by atomic mass is 35.5. The van der Waals surface area contributed by atoms with Crippen molar-refractivity contribution >= 4 is 52.2 Å². The number of carbonyl (C=O) groups excluding carboxylic acids is 3. The molecular formula is C23H22ClN3O7S. The summed E-state index contributed by atoms with van der Waals surface area (Å²) in [6.07, 6.45) is -0.322. The minimum atomic E-state index is -0.801. The smallest absolute Gasteiger partial charge is 0.415 e. The lowest BCUT2D eigenvalue weighted by Crippen LogP contribution is -2.49. The van der Waals surface area contributed by atoms with Gasteiger partial charge in [-0.15, -0.1) is 11.3 Å². The monoisotopic (exact) mass is 519 g/mol. The van der Waals surface area contributed by atoms with Crippen molar-refractivity contribution in [2.45, 2.75) is 30.8 Å². The number of halogens is 1. The van der Waals surface area contributed by atoms with Crippen molar-refractivity contribution in [3.8, 4) is 5.75 Å². The normalized spacial score (nSPS) is 24.7. The van der Waals surface area contributed by atoms with Gasteiger partial charge >= 0.3 is 6.09 Å². The van der Waals surface area contributed by atoms with E-state index in [1.165, 1.54) is 11.3 Å². The molecule has 6 rings (SSSR count). The van der Waals surface area contributed by atoms with Crippen LogP contribution in [0.5, 0.6) is 5.75 Å². The minimum Gasteiger partial charge on any atom is -0.489 e. The fourth-order valence-electron chi connectivity index (χ4n) is 4.92. The van der Waals surface area contributed by atoms with E-state index in [1.807, 2.05) is 0 Å². The topological polar surface area (TPSA) is 107 Å². The van der Waals surface area contributed by atoms with Gasteiger partial charge in [0.25, 0.3) is 5.91 Å². The summed E-state index contributed by atoms with van der Waals surface area (Å²) in [4.78, 5) is 41.6. The summed E-state index contributed by atoms with van der Waals surface area (Å²) in [6, 6.07) is 8.23. The minimum absolute atomic E-state index is 0.0878. The summed E-state index contributed by atoms with van der Waals surface area (Å²) in [7, 11) is 0. The molecule has 3 amide bonds. The number of anilines is 2. The Morgan fingerprint density at radius 3 is 2.77 bits per heavy atom. The van der Waals surface area contributed by atoms with Crippen molar-refractivity contribution in [1.82, 2.24) is 5.32 Å². The van der Waals surface area contributed by atoms with E-state index < -0.39 is 18.0 Å². The van der Waals surface area contributed by atoms with Gasteiger partial charge in [0.2, 0.25) is 5.91 Å². The van der Waals surface area contributed by atoms with Gasteiger partial charge in [0.15, 0.2) is 5.79 Å². The number of hydrogen-bond donors (Lipinski definition) is 1. The molecule has 1 N–H and O–H groups in total. The molecule has 3 saturated heterocycles. The third kappa shape index (κ3) is 4.02. The van der Waals surface area contributed by atoms with Crippen LogP contribution in [-0.2, 0) is 19.0 Å². The molecule has 2 atom stereocenters. The number of hydrogen-bond acceptors (Lipinski definition) is 8. The Bertz CT molecular complexity index is 1200. The fourth-order valence-corrected chi connectivity index (χ4v) is 5.88. The van der Waals surface area contributed by atoms with Crippen LogP contribution >= 0.6 is 22.9 Å². The third-order valence-electron chi connectivity index (χ3n) is 6.65. The van der Waals surface area contributed by atoms with Crippen LogP contribution in [0.25, 0.3) is 0 Å². The number of rotatable bonds is 4. The number of fused-ring (bicyclic) bond motifs is 3. The summed E-state index contributed by atoms with van der Waals surface area (Å²) in [5.41, 5.74) is 1.25. The lowest BCUT2D eigenvalue weighted by molar-refractivity contribution is -0.177. The number of benzene rings is 1. The largest absolute Gasteiger partial charge is 0.489 e. The first-order chi connectivity index (χ1) is 16.9. The molecule has 3 fully saturated rings. The van der Waals surface area contributed by atoms with Gasteiger partial charge in [0, 0.05) is 24.7 Å². The van der Waals surface area contributed by atoms with Crippen molar-refractivity contribution in [2.24, 2.45) is 0 Å². The molecule has 4 aliphatic rings. The number of nitrogens with zero attached hydrogens (tertiary/aromatic N) is 2. The summed E-state index contributed by atoms with van der Waals surface area (Å²) in [5, 5.41) is 2.80.